The summed E-state index contributed by atoms with van der Waals surface area (Å²) in [4.78, 5) is 27.2. The van der Waals surface area contributed by atoms with E-state index in [9.17, 15) is 0 Å². The smallest absolute Gasteiger partial charge is 0.143 e. The lowest BCUT2D eigenvalue weighted by atomic mass is 9.98. The van der Waals surface area contributed by atoms with Crippen molar-refractivity contribution >= 4 is 43.7 Å². The van der Waals surface area contributed by atoms with Crippen LogP contribution in [0.2, 0.25) is 0 Å². The molecule has 0 aliphatic rings. The first-order valence-electron chi connectivity index (χ1n) is 14.6. The van der Waals surface area contributed by atoms with Crippen LogP contribution in [0.25, 0.3) is 88.8 Å². The van der Waals surface area contributed by atoms with Crippen molar-refractivity contribution in [3.05, 3.63) is 134 Å². The lowest BCUT2D eigenvalue weighted by molar-refractivity contribution is 0.670. The maximum absolute atomic E-state index is 6.53. The van der Waals surface area contributed by atoms with E-state index in [1.54, 1.807) is 25.0 Å². The molecule has 0 aliphatic heterocycles. The number of rotatable bonds is 4. The van der Waals surface area contributed by atoms with Gasteiger partial charge in [0.15, 0.2) is 0 Å². The van der Waals surface area contributed by atoms with Crippen molar-refractivity contribution in [2.24, 2.45) is 0 Å². The molecule has 0 saturated heterocycles. The number of nitrogens with zero attached hydrogens (tertiary/aromatic N) is 6. The van der Waals surface area contributed by atoms with Gasteiger partial charge in [-0.25, -0.2) is 19.9 Å². The summed E-state index contributed by atoms with van der Waals surface area (Å²) in [7, 11) is 0. The SMILES string of the molecule is c1ccc(-c2ncnc3ccc(-c4ccc5oc6c(-c7ccc8ncnc(-c9ccccn9)c8c7)cccc6c5c4)cc23)nc1. The highest BCUT2D eigenvalue weighted by Gasteiger charge is 2.16. The van der Waals surface area contributed by atoms with Crippen molar-refractivity contribution in [1.29, 1.82) is 0 Å². The number of benzene rings is 4. The van der Waals surface area contributed by atoms with Crippen molar-refractivity contribution in [2.75, 3.05) is 0 Å². The van der Waals surface area contributed by atoms with Crippen LogP contribution in [0.1, 0.15) is 0 Å². The van der Waals surface area contributed by atoms with Crippen LogP contribution in [0.4, 0.5) is 0 Å². The maximum Gasteiger partial charge on any atom is 0.143 e. The Morgan fingerprint density at radius 1 is 0.422 bits per heavy atom. The van der Waals surface area contributed by atoms with E-state index >= 15 is 0 Å². The fourth-order valence-corrected chi connectivity index (χ4v) is 6.08. The van der Waals surface area contributed by atoms with Crippen molar-refractivity contribution < 1.29 is 4.42 Å². The molecular formula is C38H22N6O. The number of fused-ring (bicyclic) bond motifs is 5. The zero-order valence-electron chi connectivity index (χ0n) is 23.8. The van der Waals surface area contributed by atoms with Gasteiger partial charge in [0.05, 0.1) is 33.8 Å². The molecule has 4 aromatic carbocycles. The molecule has 0 saturated carbocycles. The summed E-state index contributed by atoms with van der Waals surface area (Å²) in [6.45, 7) is 0. The largest absolute Gasteiger partial charge is 0.455 e. The maximum atomic E-state index is 6.53. The molecule has 9 rings (SSSR count). The molecule has 5 heterocycles. The normalized spacial score (nSPS) is 11.6. The van der Waals surface area contributed by atoms with E-state index in [0.29, 0.717) is 0 Å². The molecule has 0 unspecified atom stereocenters. The Morgan fingerprint density at radius 2 is 1.02 bits per heavy atom. The molecule has 0 N–H and O–H groups in total. The quantitative estimate of drug-likeness (QED) is 0.206. The van der Waals surface area contributed by atoms with Gasteiger partial charge < -0.3 is 4.42 Å². The third-order valence-electron chi connectivity index (χ3n) is 8.23. The van der Waals surface area contributed by atoms with Crippen molar-refractivity contribution in [2.45, 2.75) is 0 Å². The van der Waals surface area contributed by atoms with E-state index in [-0.39, 0.29) is 0 Å². The van der Waals surface area contributed by atoms with Crippen LogP contribution in [0.3, 0.4) is 0 Å². The Kier molecular flexibility index (Phi) is 5.67. The third-order valence-corrected chi connectivity index (χ3v) is 8.23. The van der Waals surface area contributed by atoms with Crippen LogP contribution >= 0.6 is 0 Å². The predicted molar refractivity (Wildman–Crippen MR) is 177 cm³/mol. The highest BCUT2D eigenvalue weighted by atomic mass is 16.3. The van der Waals surface area contributed by atoms with E-state index in [2.05, 4.69) is 84.5 Å². The van der Waals surface area contributed by atoms with Crippen LogP contribution in [-0.2, 0) is 0 Å². The van der Waals surface area contributed by atoms with Gasteiger partial charge in [-0.15, -0.1) is 0 Å². The summed E-state index contributed by atoms with van der Waals surface area (Å²) in [5.74, 6) is 0. The molecule has 0 spiro atoms. The van der Waals surface area contributed by atoms with Gasteiger partial charge in [0.2, 0.25) is 0 Å². The summed E-state index contributed by atoms with van der Waals surface area (Å²) >= 11 is 0. The van der Waals surface area contributed by atoms with Gasteiger partial charge in [0, 0.05) is 39.5 Å². The molecule has 0 amide bonds. The number of pyridine rings is 2. The molecule has 5 aromatic heterocycles. The molecule has 7 nitrogen and oxygen atoms in total. The topological polar surface area (TPSA) is 90.5 Å². The Balaban J connectivity index is 1.18. The van der Waals surface area contributed by atoms with E-state index in [4.69, 9.17) is 4.42 Å². The van der Waals surface area contributed by atoms with Gasteiger partial charge >= 0.3 is 0 Å². The number of para-hydroxylation sites is 1. The third kappa shape index (κ3) is 4.21. The number of aromatic nitrogens is 6. The van der Waals surface area contributed by atoms with Gasteiger partial charge in [0.1, 0.15) is 23.8 Å². The molecule has 45 heavy (non-hydrogen) atoms. The van der Waals surface area contributed by atoms with Crippen molar-refractivity contribution in [1.82, 2.24) is 29.9 Å². The van der Waals surface area contributed by atoms with Crippen molar-refractivity contribution in [3.63, 3.8) is 0 Å². The van der Waals surface area contributed by atoms with Gasteiger partial charge in [-0.2, -0.15) is 0 Å². The van der Waals surface area contributed by atoms with E-state index in [0.717, 1.165) is 88.8 Å². The summed E-state index contributed by atoms with van der Waals surface area (Å²) in [5.41, 5.74) is 10.8. The molecule has 0 fully saturated rings. The molecule has 7 heteroatoms. The minimum Gasteiger partial charge on any atom is -0.455 e. The second-order valence-corrected chi connectivity index (χ2v) is 10.8. The molecule has 0 aliphatic carbocycles. The summed E-state index contributed by atoms with van der Waals surface area (Å²) in [5, 5.41) is 4.00. The standard InChI is InChI=1S/C38H22N6O/c1-3-16-39-33(8-1)36-29-19-23(10-13-31(29)41-21-43-36)24-12-15-35-28(18-24)27-7-5-6-26(38(27)45-35)25-11-14-32-30(20-25)37(44-22-42-32)34-9-2-4-17-40-34/h1-22H. The van der Waals surface area contributed by atoms with Gasteiger partial charge in [-0.3, -0.25) is 9.97 Å². The minimum atomic E-state index is 0.802. The second kappa shape index (κ2) is 10.1. The fraction of sp³-hybridized carbons (Fsp3) is 0. The van der Waals surface area contributed by atoms with Gasteiger partial charge in [-0.05, 0) is 77.4 Å². The van der Waals surface area contributed by atoms with Gasteiger partial charge in [0.25, 0.3) is 0 Å². The van der Waals surface area contributed by atoms with E-state index < -0.39 is 0 Å². The Bertz CT molecular complexity index is 2550. The molecule has 0 atom stereocenters. The Morgan fingerprint density at radius 3 is 1.67 bits per heavy atom. The highest BCUT2D eigenvalue weighted by Crippen LogP contribution is 2.39. The summed E-state index contributed by atoms with van der Waals surface area (Å²) in [6, 6.07) is 36.8. The number of hydrogen-bond acceptors (Lipinski definition) is 7. The van der Waals surface area contributed by atoms with Crippen LogP contribution < -0.4 is 0 Å². The van der Waals surface area contributed by atoms with Crippen molar-refractivity contribution in [3.8, 4) is 45.0 Å². The first kappa shape index (κ1) is 25.2. The van der Waals surface area contributed by atoms with Crippen LogP contribution in [-0.4, -0.2) is 29.9 Å². The second-order valence-electron chi connectivity index (χ2n) is 10.8. The molecule has 0 radical (unpaired) electrons. The monoisotopic (exact) mass is 578 g/mol. The Labute approximate surface area is 256 Å². The fourth-order valence-electron chi connectivity index (χ4n) is 6.08. The average molecular weight is 579 g/mol. The zero-order chi connectivity index (χ0) is 29.7. The summed E-state index contributed by atoms with van der Waals surface area (Å²) in [6.07, 6.45) is 6.74. The molecular weight excluding hydrogens is 556 g/mol. The first-order valence-corrected chi connectivity index (χ1v) is 14.6. The number of furan rings is 1. The predicted octanol–water partition coefficient (Wildman–Crippen LogP) is 8.93. The minimum absolute atomic E-state index is 0.802. The zero-order valence-corrected chi connectivity index (χ0v) is 23.8. The summed E-state index contributed by atoms with van der Waals surface area (Å²) < 4.78 is 6.53. The molecule has 0 bridgehead atoms. The average Bonchev–Trinajstić information content (AvgIpc) is 3.50. The van der Waals surface area contributed by atoms with E-state index in [1.807, 2.05) is 54.6 Å². The van der Waals surface area contributed by atoms with Crippen LogP contribution in [0.15, 0.2) is 139 Å². The van der Waals surface area contributed by atoms with E-state index in [1.165, 1.54) is 0 Å². The molecule has 210 valence electrons. The highest BCUT2D eigenvalue weighted by molar-refractivity contribution is 6.11. The van der Waals surface area contributed by atoms with Crippen LogP contribution in [0.5, 0.6) is 0 Å². The molecule has 9 aromatic rings. The lowest BCUT2D eigenvalue weighted by Gasteiger charge is -2.08. The lowest BCUT2D eigenvalue weighted by Crippen LogP contribution is -1.91. The Hall–Kier alpha value is -6.34. The number of hydrogen-bond donors (Lipinski definition) is 0. The first-order chi connectivity index (χ1) is 22.3. The van der Waals surface area contributed by atoms with Gasteiger partial charge in [-0.1, -0.05) is 48.5 Å². The van der Waals surface area contributed by atoms with Crippen LogP contribution in [0, 0.1) is 0 Å².